The number of hydrogen-bond donors (Lipinski definition) is 0. The third-order valence-electron chi connectivity index (χ3n) is 6.01. The number of aromatic nitrogens is 1. The van der Waals surface area contributed by atoms with Crippen LogP contribution in [0.2, 0.25) is 0 Å². The van der Waals surface area contributed by atoms with Crippen LogP contribution in [0, 0.1) is 42.9 Å². The van der Waals surface area contributed by atoms with Crippen LogP contribution in [0.15, 0.2) is 21.8 Å². The SMILES string of the molecule is [B]n1c(C)c(CC)c(C)c1/C(=C1\N=C(C)C(CC)=C1C)c1c(F)c(F)c(F)c(F)c1F. The lowest BCUT2D eigenvalue weighted by Gasteiger charge is -2.18. The molecular weight excluding hydrogens is 410 g/mol. The van der Waals surface area contributed by atoms with E-state index in [9.17, 15) is 22.0 Å². The van der Waals surface area contributed by atoms with Crippen molar-refractivity contribution in [1.82, 2.24) is 4.48 Å². The van der Waals surface area contributed by atoms with E-state index in [1.807, 2.05) is 13.8 Å². The van der Waals surface area contributed by atoms with Gasteiger partial charge in [0, 0.05) is 22.7 Å². The van der Waals surface area contributed by atoms with Crippen LogP contribution in [-0.2, 0) is 6.42 Å². The van der Waals surface area contributed by atoms with E-state index >= 15 is 0 Å². The smallest absolute Gasteiger partial charge is 0.234 e. The predicted molar refractivity (Wildman–Crippen MR) is 113 cm³/mol. The van der Waals surface area contributed by atoms with E-state index in [4.69, 9.17) is 7.98 Å². The monoisotopic (exact) mass is 432 g/mol. The van der Waals surface area contributed by atoms with E-state index in [0.717, 1.165) is 11.1 Å². The van der Waals surface area contributed by atoms with Crippen molar-refractivity contribution in [2.24, 2.45) is 4.99 Å². The summed E-state index contributed by atoms with van der Waals surface area (Å²) in [7, 11) is 6.25. The molecule has 0 N–H and O–H groups in total. The summed E-state index contributed by atoms with van der Waals surface area (Å²) in [6.07, 6.45) is 1.17. The van der Waals surface area contributed by atoms with Gasteiger partial charge in [-0.1, -0.05) is 13.8 Å². The van der Waals surface area contributed by atoms with Crippen LogP contribution in [0.3, 0.4) is 0 Å². The van der Waals surface area contributed by atoms with Gasteiger partial charge in [0.2, 0.25) is 13.8 Å². The van der Waals surface area contributed by atoms with Crippen LogP contribution < -0.4 is 0 Å². The predicted octanol–water partition coefficient (Wildman–Crippen LogP) is 6.25. The fraction of sp³-hybridized carbons (Fsp3) is 0.348. The number of rotatable bonds is 4. The summed E-state index contributed by atoms with van der Waals surface area (Å²) < 4.78 is 73.3. The van der Waals surface area contributed by atoms with E-state index < -0.39 is 34.6 Å². The first-order valence-electron chi connectivity index (χ1n) is 9.97. The van der Waals surface area contributed by atoms with E-state index in [1.54, 1.807) is 27.7 Å². The Morgan fingerprint density at radius 3 is 1.77 bits per heavy atom. The molecule has 2 heterocycles. The lowest BCUT2D eigenvalue weighted by Crippen LogP contribution is -2.12. The summed E-state index contributed by atoms with van der Waals surface area (Å²) in [6, 6.07) is 0. The van der Waals surface area contributed by atoms with Gasteiger partial charge in [-0.15, -0.1) is 0 Å². The quantitative estimate of drug-likeness (QED) is 0.235. The molecule has 0 spiro atoms. The minimum atomic E-state index is -2.21. The molecule has 0 fully saturated rings. The van der Waals surface area contributed by atoms with Crippen LogP contribution in [0.4, 0.5) is 22.0 Å². The molecule has 1 aromatic carbocycles. The molecule has 0 bridgehead atoms. The van der Waals surface area contributed by atoms with Crippen molar-refractivity contribution in [1.29, 1.82) is 0 Å². The minimum Gasteiger partial charge on any atom is -0.400 e. The van der Waals surface area contributed by atoms with Crippen molar-refractivity contribution in [2.45, 2.75) is 54.4 Å². The van der Waals surface area contributed by atoms with Crippen LogP contribution in [0.1, 0.15) is 62.2 Å². The van der Waals surface area contributed by atoms with Crippen molar-refractivity contribution < 1.29 is 22.0 Å². The van der Waals surface area contributed by atoms with Gasteiger partial charge in [0.25, 0.3) is 0 Å². The summed E-state index contributed by atoms with van der Waals surface area (Å²) in [5.74, 6) is -10.1. The maximum Gasteiger partial charge on any atom is 0.234 e. The van der Waals surface area contributed by atoms with E-state index in [1.165, 1.54) is 4.48 Å². The first-order chi connectivity index (χ1) is 14.5. The minimum absolute atomic E-state index is 0.146. The second kappa shape index (κ2) is 8.13. The lowest BCUT2D eigenvalue weighted by molar-refractivity contribution is 0.376. The first kappa shape index (κ1) is 23.0. The van der Waals surface area contributed by atoms with E-state index in [2.05, 4.69) is 4.99 Å². The highest BCUT2D eigenvalue weighted by Crippen LogP contribution is 2.42. The second-order valence-corrected chi connectivity index (χ2v) is 7.58. The highest BCUT2D eigenvalue weighted by Gasteiger charge is 2.34. The van der Waals surface area contributed by atoms with Crippen LogP contribution in [0.5, 0.6) is 0 Å². The lowest BCUT2D eigenvalue weighted by atomic mass is 9.91. The normalized spacial score (nSPS) is 15.8. The summed E-state index contributed by atoms with van der Waals surface area (Å²) >= 11 is 0. The number of benzene rings is 1. The van der Waals surface area contributed by atoms with Gasteiger partial charge in [-0.2, -0.15) is 0 Å². The largest absolute Gasteiger partial charge is 0.400 e. The third-order valence-corrected chi connectivity index (χ3v) is 6.01. The van der Waals surface area contributed by atoms with E-state index in [0.29, 0.717) is 35.4 Å². The molecular formula is C23H22BF5N2. The van der Waals surface area contributed by atoms with Gasteiger partial charge in [-0.05, 0) is 62.8 Å². The van der Waals surface area contributed by atoms with E-state index in [-0.39, 0.29) is 17.0 Å². The molecule has 2 aromatic rings. The highest BCUT2D eigenvalue weighted by atomic mass is 19.2. The molecule has 0 saturated carbocycles. The van der Waals surface area contributed by atoms with Crippen molar-refractivity contribution in [2.75, 3.05) is 0 Å². The zero-order chi connectivity index (χ0) is 23.4. The molecule has 0 atom stereocenters. The molecule has 0 unspecified atom stereocenters. The maximum atomic E-state index is 15.0. The topological polar surface area (TPSA) is 17.3 Å². The molecule has 1 aromatic heterocycles. The average Bonchev–Trinajstić information content (AvgIpc) is 3.13. The number of aliphatic imine (C=N–C) groups is 1. The Morgan fingerprint density at radius 2 is 1.35 bits per heavy atom. The molecule has 0 amide bonds. The average molecular weight is 432 g/mol. The molecule has 0 saturated heterocycles. The molecule has 2 nitrogen and oxygen atoms in total. The number of hydrogen-bond acceptors (Lipinski definition) is 1. The Labute approximate surface area is 179 Å². The summed E-state index contributed by atoms with van der Waals surface area (Å²) in [6.45, 7) is 10.7. The second-order valence-electron chi connectivity index (χ2n) is 7.58. The van der Waals surface area contributed by atoms with Gasteiger partial charge < -0.3 is 4.48 Å². The molecule has 1 aliphatic heterocycles. The molecule has 162 valence electrons. The van der Waals surface area contributed by atoms with Gasteiger partial charge >= 0.3 is 0 Å². The Kier molecular flexibility index (Phi) is 6.04. The zero-order valence-electron chi connectivity index (χ0n) is 18.3. The zero-order valence-corrected chi connectivity index (χ0v) is 18.3. The molecule has 3 rings (SSSR count). The highest BCUT2D eigenvalue weighted by molar-refractivity contribution is 6.11. The van der Waals surface area contributed by atoms with Gasteiger partial charge in [0.15, 0.2) is 23.3 Å². The fourth-order valence-electron chi connectivity index (χ4n) is 4.41. The van der Waals surface area contributed by atoms with Crippen molar-refractivity contribution in [3.8, 4) is 0 Å². The Balaban J connectivity index is 2.60. The molecule has 2 radical (unpaired) electrons. The van der Waals surface area contributed by atoms with Crippen molar-refractivity contribution in [3.05, 3.63) is 74.0 Å². The number of halogens is 5. The van der Waals surface area contributed by atoms with Gasteiger partial charge in [0.1, 0.15) is 0 Å². The van der Waals surface area contributed by atoms with Gasteiger partial charge in [0.05, 0.1) is 11.3 Å². The fourth-order valence-corrected chi connectivity index (χ4v) is 4.41. The first-order valence-corrected chi connectivity index (χ1v) is 9.97. The Bertz CT molecular complexity index is 1170. The van der Waals surface area contributed by atoms with Crippen molar-refractivity contribution >= 4 is 19.3 Å². The van der Waals surface area contributed by atoms with Gasteiger partial charge in [-0.25, -0.2) is 22.0 Å². The standard InChI is InChI=1S/C23H22BF5N2/c1-7-13-9(3)22(30-11(13)5)16(23-10(4)14(8-2)12(6)31(23)24)15-17(25)19(27)21(29)20(28)18(15)26/h7-8H2,1-6H3/b22-16-. The van der Waals surface area contributed by atoms with Crippen molar-refractivity contribution in [3.63, 3.8) is 0 Å². The molecule has 0 aliphatic carbocycles. The summed E-state index contributed by atoms with van der Waals surface area (Å²) in [5, 5.41) is 0. The third kappa shape index (κ3) is 3.27. The molecule has 8 heteroatoms. The number of nitrogens with zero attached hydrogens (tertiary/aromatic N) is 2. The number of allylic oxidation sites excluding steroid dienone is 2. The van der Waals surface area contributed by atoms with Crippen LogP contribution >= 0.6 is 0 Å². The maximum absolute atomic E-state index is 15.0. The van der Waals surface area contributed by atoms with Crippen LogP contribution in [-0.4, -0.2) is 18.2 Å². The molecule has 1 aliphatic rings. The Hall–Kier alpha value is -2.64. The summed E-state index contributed by atoms with van der Waals surface area (Å²) in [5.41, 5.74) is 3.20. The van der Waals surface area contributed by atoms with Gasteiger partial charge in [-0.3, -0.25) is 4.99 Å². The molecule has 31 heavy (non-hydrogen) atoms. The van der Waals surface area contributed by atoms with Crippen LogP contribution in [0.25, 0.3) is 5.57 Å². The summed E-state index contributed by atoms with van der Waals surface area (Å²) in [4.78, 5) is 4.47. The Morgan fingerprint density at radius 1 is 0.839 bits per heavy atom.